The number of nitrogens with one attached hydrogen (secondary N) is 1. The molecule has 0 spiro atoms. The van der Waals surface area contributed by atoms with Gasteiger partial charge in [-0.05, 0) is 76.9 Å². The van der Waals surface area contributed by atoms with E-state index >= 15 is 0 Å². The van der Waals surface area contributed by atoms with Crippen molar-refractivity contribution in [1.29, 1.82) is 0 Å². The molecule has 3 nitrogen and oxygen atoms in total. The van der Waals surface area contributed by atoms with Gasteiger partial charge in [0.25, 0.3) is 5.56 Å². The standard InChI is InChI=1S/C26H23NO2S/c1-2-17-6-3-4-7-20(17)21-8-5-9-23-22(21)14-15-24(23)29-19-12-10-18(11-13-19)25-16-26(28)27-30-25/h3-13,16,24H,2,14-15H2,1H3,(H,27,28)/t24-/m1/s1. The highest BCUT2D eigenvalue weighted by molar-refractivity contribution is 7.09. The molecule has 0 bridgehead atoms. The highest BCUT2D eigenvalue weighted by atomic mass is 32.1. The number of H-pyrrole nitrogens is 1. The van der Waals surface area contributed by atoms with Crippen molar-refractivity contribution < 1.29 is 4.74 Å². The highest BCUT2D eigenvalue weighted by Gasteiger charge is 2.27. The average Bonchev–Trinajstić information content (AvgIpc) is 3.40. The van der Waals surface area contributed by atoms with Crippen LogP contribution in [0, 0.1) is 0 Å². The molecule has 0 amide bonds. The lowest BCUT2D eigenvalue weighted by Gasteiger charge is -2.17. The fraction of sp³-hybridized carbons (Fsp3) is 0.192. The molecule has 1 heterocycles. The van der Waals surface area contributed by atoms with Crippen LogP contribution in [0.4, 0.5) is 0 Å². The summed E-state index contributed by atoms with van der Waals surface area (Å²) >= 11 is 1.36. The summed E-state index contributed by atoms with van der Waals surface area (Å²) in [5.41, 5.74) is 7.75. The normalized spacial score (nSPS) is 15.2. The van der Waals surface area contributed by atoms with E-state index in [9.17, 15) is 4.79 Å². The number of benzene rings is 3. The van der Waals surface area contributed by atoms with Gasteiger partial charge in [0.15, 0.2) is 0 Å². The molecule has 1 aliphatic carbocycles. The van der Waals surface area contributed by atoms with E-state index in [0.29, 0.717) is 0 Å². The molecule has 0 saturated carbocycles. The van der Waals surface area contributed by atoms with Crippen LogP contribution < -0.4 is 10.3 Å². The van der Waals surface area contributed by atoms with Crippen molar-refractivity contribution in [1.82, 2.24) is 4.37 Å². The van der Waals surface area contributed by atoms with E-state index in [1.807, 2.05) is 24.3 Å². The van der Waals surface area contributed by atoms with Crippen molar-refractivity contribution in [2.24, 2.45) is 0 Å². The largest absolute Gasteiger partial charge is 0.486 e. The third-order valence-corrected chi connectivity index (χ3v) is 6.72. The van der Waals surface area contributed by atoms with E-state index < -0.39 is 0 Å². The number of rotatable bonds is 5. The fourth-order valence-electron chi connectivity index (χ4n) is 4.37. The Morgan fingerprint density at radius 3 is 2.57 bits per heavy atom. The van der Waals surface area contributed by atoms with Crippen molar-refractivity contribution in [3.05, 3.63) is 99.8 Å². The summed E-state index contributed by atoms with van der Waals surface area (Å²) < 4.78 is 9.11. The van der Waals surface area contributed by atoms with E-state index in [1.165, 1.54) is 39.3 Å². The third-order valence-electron chi connectivity index (χ3n) is 5.85. The molecule has 0 radical (unpaired) electrons. The summed E-state index contributed by atoms with van der Waals surface area (Å²) in [6.07, 6.45) is 3.12. The molecular formula is C26H23NO2S. The molecule has 1 aliphatic rings. The summed E-state index contributed by atoms with van der Waals surface area (Å²) in [5.74, 6) is 0.860. The SMILES string of the molecule is CCc1ccccc1-c1cccc2c1CC[C@H]2Oc1ccc(-c2cc(=O)[nH]s2)cc1. The van der Waals surface area contributed by atoms with Gasteiger partial charge in [0.1, 0.15) is 11.9 Å². The van der Waals surface area contributed by atoms with Crippen LogP contribution in [0.15, 0.2) is 77.6 Å². The quantitative estimate of drug-likeness (QED) is 0.411. The molecular weight excluding hydrogens is 390 g/mol. The fourth-order valence-corrected chi connectivity index (χ4v) is 5.06. The number of ether oxygens (including phenoxy) is 1. The minimum Gasteiger partial charge on any atom is -0.486 e. The Balaban J connectivity index is 1.41. The zero-order valence-electron chi connectivity index (χ0n) is 16.9. The highest BCUT2D eigenvalue weighted by Crippen LogP contribution is 2.41. The Kier molecular flexibility index (Phi) is 5.01. The second kappa shape index (κ2) is 7.96. The van der Waals surface area contributed by atoms with E-state index in [1.54, 1.807) is 6.07 Å². The molecule has 0 aliphatic heterocycles. The van der Waals surface area contributed by atoms with Crippen molar-refractivity contribution in [3.63, 3.8) is 0 Å². The van der Waals surface area contributed by atoms with Crippen LogP contribution in [0.2, 0.25) is 0 Å². The van der Waals surface area contributed by atoms with Crippen LogP contribution in [0.1, 0.15) is 36.1 Å². The summed E-state index contributed by atoms with van der Waals surface area (Å²) in [7, 11) is 0. The smallest absolute Gasteiger partial charge is 0.258 e. The van der Waals surface area contributed by atoms with Crippen LogP contribution in [-0.2, 0) is 12.8 Å². The minimum atomic E-state index is -0.0571. The average molecular weight is 414 g/mol. The molecule has 0 fully saturated rings. The van der Waals surface area contributed by atoms with E-state index in [0.717, 1.165) is 35.5 Å². The Morgan fingerprint density at radius 2 is 1.80 bits per heavy atom. The number of aromatic nitrogens is 1. The second-order valence-corrected chi connectivity index (χ2v) is 8.48. The van der Waals surface area contributed by atoms with E-state index in [4.69, 9.17) is 4.74 Å². The lowest BCUT2D eigenvalue weighted by molar-refractivity contribution is 0.207. The number of hydrogen-bond donors (Lipinski definition) is 1. The van der Waals surface area contributed by atoms with Gasteiger partial charge in [-0.15, -0.1) is 0 Å². The lowest BCUT2D eigenvalue weighted by Crippen LogP contribution is -2.03. The maximum Gasteiger partial charge on any atom is 0.258 e. The zero-order valence-corrected chi connectivity index (χ0v) is 17.7. The molecule has 1 aromatic heterocycles. The summed E-state index contributed by atoms with van der Waals surface area (Å²) in [6.45, 7) is 2.21. The Morgan fingerprint density at radius 1 is 1.00 bits per heavy atom. The molecule has 1 atom stereocenters. The first-order chi connectivity index (χ1) is 14.7. The van der Waals surface area contributed by atoms with Gasteiger partial charge >= 0.3 is 0 Å². The van der Waals surface area contributed by atoms with Crippen LogP contribution in [-0.4, -0.2) is 4.37 Å². The van der Waals surface area contributed by atoms with Gasteiger partial charge in [-0.1, -0.05) is 60.9 Å². The van der Waals surface area contributed by atoms with Crippen LogP contribution >= 0.6 is 11.5 Å². The summed E-state index contributed by atoms with van der Waals surface area (Å²) in [5, 5.41) is 0. The predicted molar refractivity (Wildman–Crippen MR) is 123 cm³/mol. The first-order valence-corrected chi connectivity index (χ1v) is 11.2. The van der Waals surface area contributed by atoms with Gasteiger partial charge in [-0.3, -0.25) is 9.17 Å². The molecule has 3 aromatic carbocycles. The topological polar surface area (TPSA) is 42.1 Å². The van der Waals surface area contributed by atoms with Crippen molar-refractivity contribution in [2.75, 3.05) is 0 Å². The van der Waals surface area contributed by atoms with Gasteiger partial charge in [0.05, 0.1) is 4.88 Å². The van der Waals surface area contributed by atoms with Gasteiger partial charge < -0.3 is 4.74 Å². The van der Waals surface area contributed by atoms with Crippen molar-refractivity contribution >= 4 is 11.5 Å². The van der Waals surface area contributed by atoms with Gasteiger partial charge in [-0.2, -0.15) is 0 Å². The molecule has 4 aromatic rings. The van der Waals surface area contributed by atoms with Gasteiger partial charge in [0, 0.05) is 6.07 Å². The lowest BCUT2D eigenvalue weighted by atomic mass is 9.92. The van der Waals surface area contributed by atoms with Crippen LogP contribution in [0.3, 0.4) is 0 Å². The second-order valence-electron chi connectivity index (χ2n) is 7.63. The monoisotopic (exact) mass is 413 g/mol. The Hall–Kier alpha value is -3.11. The number of aryl methyl sites for hydroxylation is 1. The number of fused-ring (bicyclic) bond motifs is 1. The van der Waals surface area contributed by atoms with Crippen LogP contribution in [0.5, 0.6) is 5.75 Å². The number of aromatic amines is 1. The van der Waals surface area contributed by atoms with Gasteiger partial charge in [-0.25, -0.2) is 0 Å². The molecule has 4 heteroatoms. The minimum absolute atomic E-state index is 0.0571. The maximum absolute atomic E-state index is 11.4. The number of hydrogen-bond acceptors (Lipinski definition) is 3. The molecule has 0 unspecified atom stereocenters. The zero-order chi connectivity index (χ0) is 20.5. The Labute approximate surface area is 180 Å². The molecule has 150 valence electrons. The maximum atomic E-state index is 11.4. The Bertz CT molecular complexity index is 1240. The van der Waals surface area contributed by atoms with Gasteiger partial charge in [0.2, 0.25) is 0 Å². The molecule has 5 rings (SSSR count). The first kappa shape index (κ1) is 18.9. The van der Waals surface area contributed by atoms with Crippen LogP contribution in [0.25, 0.3) is 21.6 Å². The molecule has 1 N–H and O–H groups in total. The van der Waals surface area contributed by atoms with E-state index in [2.05, 4.69) is 53.8 Å². The van der Waals surface area contributed by atoms with Crippen molar-refractivity contribution in [3.8, 4) is 27.3 Å². The van der Waals surface area contributed by atoms with E-state index in [-0.39, 0.29) is 11.7 Å². The third kappa shape index (κ3) is 3.48. The summed E-state index contributed by atoms with van der Waals surface area (Å²) in [4.78, 5) is 12.3. The predicted octanol–water partition coefficient (Wildman–Crippen LogP) is 6.40. The van der Waals surface area contributed by atoms with Crippen molar-refractivity contribution in [2.45, 2.75) is 32.3 Å². The summed E-state index contributed by atoms with van der Waals surface area (Å²) in [6, 6.07) is 24.9. The molecule has 0 saturated heterocycles. The molecule has 30 heavy (non-hydrogen) atoms. The first-order valence-electron chi connectivity index (χ1n) is 10.4.